The smallest absolute Gasteiger partial charge is 0.387 e. The molecule has 0 saturated carbocycles. The van der Waals surface area contributed by atoms with Gasteiger partial charge in [-0.2, -0.15) is 23.1 Å². The number of ether oxygens (including phenoxy) is 1. The third kappa shape index (κ3) is 6.31. The maximum atomic E-state index is 13.6. The molecule has 14 nitrogen and oxygen atoms in total. The van der Waals surface area contributed by atoms with Crippen molar-refractivity contribution in [2.45, 2.75) is 30.7 Å². The summed E-state index contributed by atoms with van der Waals surface area (Å²) in [4.78, 5) is 40.2. The molecule has 5 rings (SSSR count). The summed E-state index contributed by atoms with van der Waals surface area (Å²) in [6, 6.07) is 8.03. The zero-order valence-corrected chi connectivity index (χ0v) is 23.5. The molecule has 1 saturated heterocycles. The molecular weight excluding hydrogens is 631 g/mol. The van der Waals surface area contributed by atoms with E-state index in [0.717, 1.165) is 6.07 Å². The van der Waals surface area contributed by atoms with E-state index in [1.807, 2.05) is 0 Å². The van der Waals surface area contributed by atoms with Gasteiger partial charge >= 0.3 is 13.8 Å². The zero-order chi connectivity index (χ0) is 30.6. The summed E-state index contributed by atoms with van der Waals surface area (Å²) in [5.41, 5.74) is -0.482. The van der Waals surface area contributed by atoms with Gasteiger partial charge in [0.05, 0.1) is 11.9 Å². The number of imidazole rings is 1. The number of aromatic nitrogens is 4. The van der Waals surface area contributed by atoms with E-state index in [1.165, 1.54) is 35.2 Å². The second-order valence-electron chi connectivity index (χ2n) is 9.41. The summed E-state index contributed by atoms with van der Waals surface area (Å²) in [5.74, 6) is -1.33. The minimum atomic E-state index is -4.84. The molecule has 1 aliphatic heterocycles. The van der Waals surface area contributed by atoms with Gasteiger partial charge in [-0.3, -0.25) is 13.7 Å². The number of nitrogens with one attached hydrogen (secondary N) is 2. The Morgan fingerprint density at radius 3 is 2.38 bits per heavy atom. The molecule has 0 radical (unpaired) electrons. The molecular formula is C22H22ClF3N6O8P2. The summed E-state index contributed by atoms with van der Waals surface area (Å²) < 4.78 is 70.7. The predicted octanol–water partition coefficient (Wildman–Crippen LogP) is 2.92. The molecule has 1 fully saturated rings. The molecule has 4 aromatic rings. The molecule has 0 aliphatic carbocycles. The van der Waals surface area contributed by atoms with E-state index in [4.69, 9.17) is 26.1 Å². The number of hydrogen-bond donors (Lipinski definition) is 7. The van der Waals surface area contributed by atoms with Crippen LogP contribution < -0.4 is 10.4 Å². The number of benzene rings is 2. The Labute approximate surface area is 238 Å². The van der Waals surface area contributed by atoms with Gasteiger partial charge in [0.2, 0.25) is 5.28 Å². The number of aliphatic hydroxyl groups excluding tert-OH is 2. The topological polar surface area (TPSA) is 212 Å². The van der Waals surface area contributed by atoms with E-state index < -0.39 is 63.8 Å². The Balaban J connectivity index is 1.44. The molecule has 7 N–H and O–H groups in total. The molecule has 20 heteroatoms. The van der Waals surface area contributed by atoms with Crippen LogP contribution in [-0.2, 0) is 20.0 Å². The van der Waals surface area contributed by atoms with Crippen molar-refractivity contribution in [3.8, 4) is 0 Å². The Bertz CT molecular complexity index is 1750. The lowest BCUT2D eigenvalue weighted by atomic mass is 10.0. The molecule has 3 heterocycles. The Morgan fingerprint density at radius 2 is 1.71 bits per heavy atom. The molecule has 0 amide bonds. The van der Waals surface area contributed by atoms with Gasteiger partial charge in [0.1, 0.15) is 24.2 Å². The number of nitrogens with zero attached hydrogens (tertiary/aromatic N) is 4. The lowest BCUT2D eigenvalue weighted by molar-refractivity contribution is -0.136. The highest BCUT2D eigenvalue weighted by molar-refractivity contribution is 7.71. The fourth-order valence-corrected chi connectivity index (χ4v) is 7.63. The van der Waals surface area contributed by atoms with Crippen LogP contribution in [0.25, 0.3) is 21.9 Å². The fourth-order valence-electron chi connectivity index (χ4n) is 4.61. The predicted molar refractivity (Wildman–Crippen MR) is 143 cm³/mol. The lowest BCUT2D eigenvalue weighted by Gasteiger charge is -2.19. The summed E-state index contributed by atoms with van der Waals surface area (Å²) in [6.45, 7) is -0.557. The Hall–Kier alpha value is -2.69. The van der Waals surface area contributed by atoms with Crippen LogP contribution in [0.5, 0.6) is 0 Å². The van der Waals surface area contributed by atoms with E-state index in [9.17, 15) is 37.4 Å². The van der Waals surface area contributed by atoms with Crippen molar-refractivity contribution in [3.63, 3.8) is 0 Å². The number of hydrogen-bond acceptors (Lipinski definition) is 9. The highest BCUT2D eigenvalue weighted by Gasteiger charge is 2.45. The van der Waals surface area contributed by atoms with Crippen molar-refractivity contribution in [1.82, 2.24) is 24.6 Å². The molecule has 226 valence electrons. The fraction of sp³-hybridized carbons (Fsp3) is 0.318. The van der Waals surface area contributed by atoms with Gasteiger partial charge in [-0.05, 0) is 29.1 Å². The van der Waals surface area contributed by atoms with Crippen LogP contribution >= 0.6 is 26.7 Å². The van der Waals surface area contributed by atoms with Crippen LogP contribution in [0.2, 0.25) is 5.28 Å². The maximum Gasteiger partial charge on any atom is 0.417 e. The van der Waals surface area contributed by atoms with Crippen molar-refractivity contribution in [2.24, 2.45) is 0 Å². The van der Waals surface area contributed by atoms with Gasteiger partial charge in [0.15, 0.2) is 23.2 Å². The zero-order valence-electron chi connectivity index (χ0n) is 20.9. The largest absolute Gasteiger partial charge is 0.417 e. The number of alkyl halides is 3. The first kappa shape index (κ1) is 30.8. The molecule has 2 aromatic heterocycles. The van der Waals surface area contributed by atoms with Crippen molar-refractivity contribution >= 4 is 60.2 Å². The highest BCUT2D eigenvalue weighted by atomic mass is 35.5. The highest BCUT2D eigenvalue weighted by Crippen LogP contribution is 2.52. The summed E-state index contributed by atoms with van der Waals surface area (Å²) in [7, 11) is -9.36. The van der Waals surface area contributed by atoms with E-state index in [1.54, 1.807) is 6.07 Å². The van der Waals surface area contributed by atoms with Gasteiger partial charge < -0.3 is 34.9 Å². The quantitative estimate of drug-likeness (QED) is 0.108. The van der Waals surface area contributed by atoms with E-state index in [0.29, 0.717) is 0 Å². The minimum absolute atomic E-state index is 0.00732. The first-order chi connectivity index (χ1) is 19.5. The van der Waals surface area contributed by atoms with Crippen molar-refractivity contribution in [1.29, 1.82) is 0 Å². The number of halogens is 4. The number of anilines is 2. The molecule has 1 aliphatic rings. The van der Waals surface area contributed by atoms with Gasteiger partial charge in [0.25, 0.3) is 7.52 Å². The average molecular weight is 653 g/mol. The van der Waals surface area contributed by atoms with Gasteiger partial charge in [0, 0.05) is 17.6 Å². The molecule has 42 heavy (non-hydrogen) atoms. The van der Waals surface area contributed by atoms with Crippen molar-refractivity contribution in [2.75, 3.05) is 17.8 Å². The minimum Gasteiger partial charge on any atom is -0.387 e. The van der Waals surface area contributed by atoms with E-state index in [2.05, 4.69) is 25.4 Å². The SMILES string of the molecule is O=P(O)(O)CP(=O)(O)NC[C@H]1O[C@@H](n2cnc3c(Nc4ccc(C(F)(F)F)c5ccccc45)nc(Cl)nc32)C(O)C1O. The number of rotatable bonds is 8. The van der Waals surface area contributed by atoms with Crippen molar-refractivity contribution < 1.29 is 51.9 Å². The molecule has 0 spiro atoms. The van der Waals surface area contributed by atoms with Gasteiger partial charge in [-0.15, -0.1) is 0 Å². The monoisotopic (exact) mass is 652 g/mol. The normalized spacial score (nSPS) is 23.0. The maximum absolute atomic E-state index is 13.6. The summed E-state index contributed by atoms with van der Waals surface area (Å²) in [6.07, 6.45) is -9.26. The van der Waals surface area contributed by atoms with E-state index in [-0.39, 0.29) is 38.7 Å². The molecule has 5 atom stereocenters. The van der Waals surface area contributed by atoms with Crippen LogP contribution in [0.3, 0.4) is 0 Å². The molecule has 3 unspecified atom stereocenters. The lowest BCUT2D eigenvalue weighted by Crippen LogP contribution is -2.37. The van der Waals surface area contributed by atoms with E-state index >= 15 is 0 Å². The standard InChI is InChI=1S/C22H22ClF3N6O8P2/c23-21-30-18(29-13-6-5-12(22(24,25)26)10-3-1-2-4-11(10)13)15-19(31-21)32(8-27-15)20-17(34)16(33)14(40-20)7-28-41(35,36)9-42(37,38)39/h1-6,8,14,16-17,20,33-34H,7,9H2,(H2,28,35,36)(H,29,30,31)(H2,37,38,39)/t14-,16?,17?,20-/m1/s1. The summed E-state index contributed by atoms with van der Waals surface area (Å²) in [5, 5.41) is 26.0. The Kier molecular flexibility index (Phi) is 8.13. The van der Waals surface area contributed by atoms with Crippen LogP contribution in [0.4, 0.5) is 24.7 Å². The van der Waals surface area contributed by atoms with Gasteiger partial charge in [-0.1, -0.05) is 24.3 Å². The third-order valence-electron chi connectivity index (χ3n) is 6.40. The molecule has 0 bridgehead atoms. The van der Waals surface area contributed by atoms with Gasteiger partial charge in [-0.25, -0.2) is 10.1 Å². The second kappa shape index (κ2) is 11.1. The van der Waals surface area contributed by atoms with Crippen LogP contribution in [-0.4, -0.2) is 75.2 Å². The first-order valence-corrected chi connectivity index (χ1v) is 16.0. The summed E-state index contributed by atoms with van der Waals surface area (Å²) >= 11 is 6.14. The third-order valence-corrected chi connectivity index (χ3v) is 10.3. The second-order valence-corrected chi connectivity index (χ2v) is 13.9. The number of aliphatic hydroxyl groups is 2. The van der Waals surface area contributed by atoms with Crippen LogP contribution in [0.15, 0.2) is 42.7 Å². The number of fused-ring (bicyclic) bond motifs is 2. The Morgan fingerprint density at radius 1 is 1.02 bits per heavy atom. The average Bonchev–Trinajstić information content (AvgIpc) is 3.41. The first-order valence-electron chi connectivity index (χ1n) is 11.9. The van der Waals surface area contributed by atoms with Crippen LogP contribution in [0, 0.1) is 0 Å². The van der Waals surface area contributed by atoms with Crippen molar-refractivity contribution in [3.05, 3.63) is 53.6 Å². The van der Waals surface area contributed by atoms with Crippen LogP contribution in [0.1, 0.15) is 11.8 Å². The molecule has 2 aromatic carbocycles.